The van der Waals surface area contributed by atoms with E-state index in [1.54, 1.807) is 0 Å². The maximum Gasteiger partial charge on any atom is 0.317 e. The van der Waals surface area contributed by atoms with Crippen LogP contribution in [0.5, 0.6) is 5.75 Å². The molecule has 1 aromatic rings. The monoisotopic (exact) mass is 277 g/mol. The van der Waals surface area contributed by atoms with Crippen molar-refractivity contribution in [3.05, 3.63) is 24.3 Å². The van der Waals surface area contributed by atoms with Gasteiger partial charge in [0.05, 0.1) is 6.10 Å². The van der Waals surface area contributed by atoms with Gasteiger partial charge in [0.1, 0.15) is 5.75 Å². The first-order valence-corrected chi connectivity index (χ1v) is 7.22. The smallest absolute Gasteiger partial charge is 0.317 e. The Balaban J connectivity index is 1.80. The second kappa shape index (κ2) is 7.03. The molecule has 5 nitrogen and oxygen atoms in total. The molecule has 0 spiro atoms. The zero-order valence-corrected chi connectivity index (χ0v) is 12.2. The molecule has 1 saturated heterocycles. The fourth-order valence-electron chi connectivity index (χ4n) is 2.05. The van der Waals surface area contributed by atoms with Gasteiger partial charge in [-0.05, 0) is 25.5 Å². The van der Waals surface area contributed by atoms with Crippen LogP contribution < -0.4 is 15.4 Å². The molecular formula is C15H23N3O2. The standard InChI is InChI=1S/C15H23N3O2/c1-3-12(2)20-14-6-4-5-13(11-14)16-7-9-18-10-8-17-15(18)19/h4-6,11-12,16H,3,7-10H2,1-2H3,(H,17,19). The molecule has 1 aliphatic heterocycles. The Hall–Kier alpha value is -1.91. The highest BCUT2D eigenvalue weighted by Crippen LogP contribution is 2.19. The van der Waals surface area contributed by atoms with Crippen LogP contribution in [0.15, 0.2) is 24.3 Å². The third-order valence-electron chi connectivity index (χ3n) is 3.40. The van der Waals surface area contributed by atoms with Crippen molar-refractivity contribution >= 4 is 11.7 Å². The van der Waals surface area contributed by atoms with Gasteiger partial charge in [0.25, 0.3) is 0 Å². The number of urea groups is 1. The van der Waals surface area contributed by atoms with Crippen LogP contribution in [0, 0.1) is 0 Å². The van der Waals surface area contributed by atoms with E-state index in [9.17, 15) is 4.79 Å². The van der Waals surface area contributed by atoms with E-state index in [4.69, 9.17) is 4.74 Å². The van der Waals surface area contributed by atoms with Gasteiger partial charge < -0.3 is 20.3 Å². The summed E-state index contributed by atoms with van der Waals surface area (Å²) in [6, 6.07) is 7.97. The van der Waals surface area contributed by atoms with Crippen molar-refractivity contribution < 1.29 is 9.53 Å². The second-order valence-corrected chi connectivity index (χ2v) is 5.01. The molecule has 1 aromatic carbocycles. The van der Waals surface area contributed by atoms with Crippen LogP contribution in [0.3, 0.4) is 0 Å². The summed E-state index contributed by atoms with van der Waals surface area (Å²) in [6.45, 7) is 7.15. The van der Waals surface area contributed by atoms with Gasteiger partial charge in [0, 0.05) is 37.9 Å². The van der Waals surface area contributed by atoms with Crippen molar-refractivity contribution in [3.63, 3.8) is 0 Å². The summed E-state index contributed by atoms with van der Waals surface area (Å²) in [5.41, 5.74) is 1.02. The first-order chi connectivity index (χ1) is 9.69. The quantitative estimate of drug-likeness (QED) is 0.804. The van der Waals surface area contributed by atoms with E-state index < -0.39 is 0 Å². The van der Waals surface area contributed by atoms with Crippen molar-refractivity contribution in [2.24, 2.45) is 0 Å². The zero-order valence-electron chi connectivity index (χ0n) is 12.2. The molecule has 1 heterocycles. The van der Waals surface area contributed by atoms with Crippen molar-refractivity contribution in [2.45, 2.75) is 26.4 Å². The highest BCUT2D eigenvalue weighted by atomic mass is 16.5. The van der Waals surface area contributed by atoms with E-state index in [2.05, 4.69) is 24.5 Å². The molecule has 0 radical (unpaired) electrons. The summed E-state index contributed by atoms with van der Waals surface area (Å²) < 4.78 is 5.79. The number of hydrogen-bond donors (Lipinski definition) is 2. The van der Waals surface area contributed by atoms with E-state index in [1.807, 2.05) is 29.2 Å². The molecule has 20 heavy (non-hydrogen) atoms. The second-order valence-electron chi connectivity index (χ2n) is 5.01. The number of amides is 2. The highest BCUT2D eigenvalue weighted by Gasteiger charge is 2.18. The van der Waals surface area contributed by atoms with Crippen LogP contribution in [0.1, 0.15) is 20.3 Å². The molecule has 0 aromatic heterocycles. The Morgan fingerprint density at radius 2 is 2.35 bits per heavy atom. The van der Waals surface area contributed by atoms with Gasteiger partial charge in [0.15, 0.2) is 0 Å². The van der Waals surface area contributed by atoms with Gasteiger partial charge in [-0.2, -0.15) is 0 Å². The molecule has 1 aliphatic rings. The Labute approximate surface area is 120 Å². The maximum atomic E-state index is 11.4. The maximum absolute atomic E-state index is 11.4. The van der Waals surface area contributed by atoms with Crippen molar-refractivity contribution in [1.29, 1.82) is 0 Å². The summed E-state index contributed by atoms with van der Waals surface area (Å²) >= 11 is 0. The number of nitrogens with one attached hydrogen (secondary N) is 2. The summed E-state index contributed by atoms with van der Waals surface area (Å²) in [4.78, 5) is 13.2. The third kappa shape index (κ3) is 4.05. The molecular weight excluding hydrogens is 254 g/mol. The molecule has 0 aliphatic carbocycles. The van der Waals surface area contributed by atoms with E-state index >= 15 is 0 Å². The fraction of sp³-hybridized carbons (Fsp3) is 0.533. The molecule has 0 bridgehead atoms. The number of anilines is 1. The lowest BCUT2D eigenvalue weighted by Crippen LogP contribution is -2.32. The first-order valence-electron chi connectivity index (χ1n) is 7.22. The Kier molecular flexibility index (Phi) is 5.09. The number of benzene rings is 1. The predicted molar refractivity (Wildman–Crippen MR) is 80.3 cm³/mol. The molecule has 1 fully saturated rings. The van der Waals surface area contributed by atoms with Crippen LogP contribution in [0.25, 0.3) is 0 Å². The molecule has 2 N–H and O–H groups in total. The Morgan fingerprint density at radius 1 is 1.50 bits per heavy atom. The minimum absolute atomic E-state index is 0.0284. The molecule has 1 unspecified atom stereocenters. The van der Waals surface area contributed by atoms with E-state index in [1.165, 1.54) is 0 Å². The van der Waals surface area contributed by atoms with E-state index in [-0.39, 0.29) is 12.1 Å². The summed E-state index contributed by atoms with van der Waals surface area (Å²) in [5.74, 6) is 0.878. The van der Waals surface area contributed by atoms with Gasteiger partial charge in [-0.25, -0.2) is 4.79 Å². The van der Waals surface area contributed by atoms with Crippen LogP contribution in [0.2, 0.25) is 0 Å². The van der Waals surface area contributed by atoms with Gasteiger partial charge in [0.2, 0.25) is 0 Å². The van der Waals surface area contributed by atoms with E-state index in [0.29, 0.717) is 6.54 Å². The largest absolute Gasteiger partial charge is 0.491 e. The van der Waals surface area contributed by atoms with Crippen molar-refractivity contribution in [2.75, 3.05) is 31.5 Å². The number of hydrogen-bond acceptors (Lipinski definition) is 3. The molecule has 2 amide bonds. The number of nitrogens with zero attached hydrogens (tertiary/aromatic N) is 1. The predicted octanol–water partition coefficient (Wildman–Crippen LogP) is 2.30. The number of ether oxygens (including phenoxy) is 1. The van der Waals surface area contributed by atoms with Gasteiger partial charge in [-0.15, -0.1) is 0 Å². The van der Waals surface area contributed by atoms with Crippen LogP contribution in [-0.4, -0.2) is 43.2 Å². The van der Waals surface area contributed by atoms with Gasteiger partial charge in [-0.3, -0.25) is 0 Å². The summed E-state index contributed by atoms with van der Waals surface area (Å²) in [7, 11) is 0. The molecule has 1 atom stereocenters. The van der Waals surface area contributed by atoms with E-state index in [0.717, 1.165) is 37.5 Å². The molecule has 0 saturated carbocycles. The normalized spacial score (nSPS) is 15.9. The third-order valence-corrected chi connectivity index (χ3v) is 3.40. The Morgan fingerprint density at radius 3 is 3.05 bits per heavy atom. The SMILES string of the molecule is CCC(C)Oc1cccc(NCCN2CCNC2=O)c1. The summed E-state index contributed by atoms with van der Waals surface area (Å²) in [5, 5.41) is 6.12. The average Bonchev–Trinajstić information content (AvgIpc) is 2.85. The minimum Gasteiger partial charge on any atom is -0.491 e. The first kappa shape index (κ1) is 14.5. The number of carbonyl (C=O) groups is 1. The summed E-state index contributed by atoms with van der Waals surface area (Å²) in [6.07, 6.45) is 1.21. The molecule has 110 valence electrons. The Bertz CT molecular complexity index is 450. The lowest BCUT2D eigenvalue weighted by molar-refractivity contribution is 0.217. The van der Waals surface area contributed by atoms with Gasteiger partial charge in [-0.1, -0.05) is 13.0 Å². The lowest BCUT2D eigenvalue weighted by Gasteiger charge is -2.16. The van der Waals surface area contributed by atoms with Crippen molar-refractivity contribution in [1.82, 2.24) is 10.2 Å². The lowest BCUT2D eigenvalue weighted by atomic mass is 10.2. The minimum atomic E-state index is 0.0284. The van der Waals surface area contributed by atoms with Crippen molar-refractivity contribution in [3.8, 4) is 5.75 Å². The topological polar surface area (TPSA) is 53.6 Å². The van der Waals surface area contributed by atoms with Crippen LogP contribution in [-0.2, 0) is 0 Å². The number of carbonyl (C=O) groups excluding carboxylic acids is 1. The molecule has 5 heteroatoms. The average molecular weight is 277 g/mol. The van der Waals surface area contributed by atoms with Gasteiger partial charge >= 0.3 is 6.03 Å². The zero-order chi connectivity index (χ0) is 14.4. The highest BCUT2D eigenvalue weighted by molar-refractivity contribution is 5.76. The fourth-order valence-corrected chi connectivity index (χ4v) is 2.05. The van der Waals surface area contributed by atoms with Crippen LogP contribution >= 0.6 is 0 Å². The van der Waals surface area contributed by atoms with Crippen LogP contribution in [0.4, 0.5) is 10.5 Å². The molecule has 2 rings (SSSR count). The number of rotatable bonds is 7.